The summed E-state index contributed by atoms with van der Waals surface area (Å²) in [7, 11) is 0. The van der Waals surface area contributed by atoms with E-state index in [0.717, 1.165) is 49.4 Å². The molecule has 1 unspecified atom stereocenters. The lowest BCUT2D eigenvalue weighted by Crippen LogP contribution is -2.42. The minimum atomic E-state index is -0.676. The number of piperidine rings is 1. The Hall–Kier alpha value is -2.29. The number of hydrogen-bond donors (Lipinski definition) is 0. The van der Waals surface area contributed by atoms with Gasteiger partial charge in [0.05, 0.1) is 29.2 Å². The van der Waals surface area contributed by atoms with Gasteiger partial charge in [0.1, 0.15) is 22.9 Å². The van der Waals surface area contributed by atoms with Gasteiger partial charge in [-0.1, -0.05) is 39.6 Å². The molecule has 10 heteroatoms. The molecule has 0 amide bonds. The highest BCUT2D eigenvalue weighted by molar-refractivity contribution is 6.39. The topological polar surface area (TPSA) is 86.4 Å². The molecule has 37 heavy (non-hydrogen) atoms. The smallest absolute Gasteiger partial charge is 0.351 e. The number of esters is 1. The average molecular weight is 548 g/mol. The normalized spacial score (nSPS) is 26.9. The van der Waals surface area contributed by atoms with Crippen LogP contribution in [0.25, 0.3) is 11.3 Å². The Morgan fingerprint density at radius 3 is 2.59 bits per heavy atom. The monoisotopic (exact) mass is 547 g/mol. The number of rotatable bonds is 6. The quantitative estimate of drug-likeness (QED) is 0.413. The fourth-order valence-corrected chi connectivity index (χ4v) is 6.27. The van der Waals surface area contributed by atoms with Gasteiger partial charge in [-0.3, -0.25) is 0 Å². The van der Waals surface area contributed by atoms with E-state index in [2.05, 4.69) is 15.2 Å². The molecule has 3 heterocycles. The minimum absolute atomic E-state index is 0.127. The Morgan fingerprint density at radius 1 is 1.19 bits per heavy atom. The first kappa shape index (κ1) is 25.0. The number of halogens is 2. The van der Waals surface area contributed by atoms with Crippen molar-refractivity contribution in [1.29, 1.82) is 0 Å². The van der Waals surface area contributed by atoms with E-state index in [1.807, 2.05) is 39.0 Å². The summed E-state index contributed by atoms with van der Waals surface area (Å²) in [4.78, 5) is 20.1. The molecule has 0 spiro atoms. The Morgan fingerprint density at radius 2 is 1.95 bits per heavy atom. The van der Waals surface area contributed by atoms with Gasteiger partial charge in [0.25, 0.3) is 0 Å². The van der Waals surface area contributed by atoms with Gasteiger partial charge in [0, 0.05) is 35.5 Å². The van der Waals surface area contributed by atoms with Crippen LogP contribution in [0.3, 0.4) is 0 Å². The van der Waals surface area contributed by atoms with E-state index in [1.54, 1.807) is 0 Å². The van der Waals surface area contributed by atoms with Crippen LogP contribution in [0.15, 0.2) is 27.9 Å². The van der Waals surface area contributed by atoms with Crippen molar-refractivity contribution in [2.75, 3.05) is 6.54 Å². The molecular formula is C27H31Cl2N3O5. The highest BCUT2D eigenvalue weighted by Gasteiger charge is 2.48. The van der Waals surface area contributed by atoms with Gasteiger partial charge in [-0.05, 0) is 58.6 Å². The highest BCUT2D eigenvalue weighted by atomic mass is 35.5. The summed E-state index contributed by atoms with van der Waals surface area (Å²) in [6, 6.07) is 5.76. The van der Waals surface area contributed by atoms with Gasteiger partial charge < -0.3 is 23.7 Å². The number of fused-ring (bicyclic) bond motifs is 2. The lowest BCUT2D eigenvalue weighted by Gasteiger charge is -2.32. The molecule has 1 aromatic carbocycles. The van der Waals surface area contributed by atoms with Gasteiger partial charge >= 0.3 is 5.97 Å². The van der Waals surface area contributed by atoms with Crippen molar-refractivity contribution in [3.05, 3.63) is 39.6 Å². The molecule has 2 aliphatic carbocycles. The molecule has 2 saturated carbocycles. The predicted molar refractivity (Wildman–Crippen MR) is 138 cm³/mol. The maximum Gasteiger partial charge on any atom is 0.351 e. The summed E-state index contributed by atoms with van der Waals surface area (Å²) in [6.07, 6.45) is 4.00. The van der Waals surface area contributed by atoms with E-state index in [-0.39, 0.29) is 12.1 Å². The van der Waals surface area contributed by atoms with Crippen molar-refractivity contribution in [3.8, 4) is 11.3 Å². The van der Waals surface area contributed by atoms with Crippen LogP contribution < -0.4 is 0 Å². The molecule has 4 atom stereocenters. The summed E-state index contributed by atoms with van der Waals surface area (Å²) in [5, 5.41) is 9.70. The van der Waals surface area contributed by atoms with Crippen molar-refractivity contribution in [3.63, 3.8) is 0 Å². The summed E-state index contributed by atoms with van der Waals surface area (Å²) in [5.74, 6) is 2.11. The van der Waals surface area contributed by atoms with Gasteiger partial charge in [-0.2, -0.15) is 0 Å². The molecule has 6 rings (SSSR count). The molecule has 2 aliphatic heterocycles. The lowest BCUT2D eigenvalue weighted by molar-refractivity contribution is -0.166. The zero-order valence-electron chi connectivity index (χ0n) is 21.2. The maximum absolute atomic E-state index is 12.4. The Balaban J connectivity index is 1.10. The highest BCUT2D eigenvalue weighted by Crippen LogP contribution is 2.47. The molecule has 1 saturated heterocycles. The summed E-state index contributed by atoms with van der Waals surface area (Å²) >= 11 is 13.0. The zero-order chi connectivity index (χ0) is 25.9. The van der Waals surface area contributed by atoms with Crippen LogP contribution in [0.1, 0.15) is 70.1 Å². The number of aromatic nitrogens is 1. The van der Waals surface area contributed by atoms with Crippen molar-refractivity contribution in [2.24, 2.45) is 11.1 Å². The van der Waals surface area contributed by atoms with Gasteiger partial charge in [0.2, 0.25) is 6.10 Å². The van der Waals surface area contributed by atoms with Crippen LogP contribution in [-0.4, -0.2) is 52.3 Å². The van der Waals surface area contributed by atoms with Crippen LogP contribution in [0.4, 0.5) is 0 Å². The second-order valence-corrected chi connectivity index (χ2v) is 12.3. The Bertz CT molecular complexity index is 1210. The third kappa shape index (κ3) is 4.95. The molecule has 8 nitrogen and oxygen atoms in total. The molecule has 198 valence electrons. The van der Waals surface area contributed by atoms with Gasteiger partial charge in [-0.15, -0.1) is 0 Å². The van der Waals surface area contributed by atoms with Crippen LogP contribution in [0, 0.1) is 5.92 Å². The standard InChI is InChI=1S/C27H31Cl2N3O5/c1-27(2,3)35-26(33)21-11-22(30-36-21)32-12-15-9-16(32)10-20(15)34-13-17-24(31-37-25(17)14-7-8-14)23-18(28)5-4-6-19(23)29/h4-6,14-16,20-21H,7-13H2,1-3H3/t15-,16-,20+,21?/m0/s1. The van der Waals surface area contributed by atoms with E-state index in [1.165, 1.54) is 0 Å². The predicted octanol–water partition coefficient (Wildman–Crippen LogP) is 5.95. The van der Waals surface area contributed by atoms with E-state index in [0.29, 0.717) is 52.2 Å². The van der Waals surface area contributed by atoms with E-state index in [4.69, 9.17) is 42.0 Å². The third-order valence-corrected chi connectivity index (χ3v) is 8.17. The Kier molecular flexibility index (Phi) is 6.40. The van der Waals surface area contributed by atoms with Crippen LogP contribution in [0.5, 0.6) is 0 Å². The first-order valence-electron chi connectivity index (χ1n) is 12.9. The molecule has 2 bridgehead atoms. The number of hydrogen-bond acceptors (Lipinski definition) is 8. The number of nitrogens with zero attached hydrogens (tertiary/aromatic N) is 3. The lowest BCUT2D eigenvalue weighted by atomic mass is 10.0. The molecule has 2 aromatic rings. The van der Waals surface area contributed by atoms with Crippen LogP contribution in [-0.2, 0) is 25.7 Å². The van der Waals surface area contributed by atoms with Crippen LogP contribution >= 0.6 is 23.2 Å². The fourth-order valence-electron chi connectivity index (χ4n) is 5.69. The molecule has 1 aromatic heterocycles. The summed E-state index contributed by atoms with van der Waals surface area (Å²) in [6.45, 7) is 6.78. The SMILES string of the molecule is CC(C)(C)OC(=O)C1CC(N2C[C@@H]3C[C@H]2C[C@H]3OCc2c(-c3c(Cl)cccc3Cl)noc2C2CC2)=NO1. The first-order valence-corrected chi connectivity index (χ1v) is 13.7. The zero-order valence-corrected chi connectivity index (χ0v) is 22.7. The third-order valence-electron chi connectivity index (χ3n) is 7.54. The molecule has 3 fully saturated rings. The van der Waals surface area contributed by atoms with Crippen molar-refractivity contribution in [1.82, 2.24) is 10.1 Å². The van der Waals surface area contributed by atoms with Gasteiger partial charge in [0.15, 0.2) is 0 Å². The number of benzene rings is 1. The molecule has 4 aliphatic rings. The first-order chi connectivity index (χ1) is 17.7. The fraction of sp³-hybridized carbons (Fsp3) is 0.593. The minimum Gasteiger partial charge on any atom is -0.457 e. The number of oxime groups is 1. The second kappa shape index (κ2) is 9.47. The summed E-state index contributed by atoms with van der Waals surface area (Å²) in [5.41, 5.74) is 1.76. The second-order valence-electron chi connectivity index (χ2n) is 11.5. The largest absolute Gasteiger partial charge is 0.457 e. The Labute approximate surface area is 226 Å². The van der Waals surface area contributed by atoms with Crippen molar-refractivity contribution < 1.29 is 23.6 Å². The van der Waals surface area contributed by atoms with E-state index < -0.39 is 11.7 Å². The van der Waals surface area contributed by atoms with Crippen molar-refractivity contribution in [2.45, 2.75) is 89.3 Å². The maximum atomic E-state index is 12.4. The summed E-state index contributed by atoms with van der Waals surface area (Å²) < 4.78 is 17.8. The van der Waals surface area contributed by atoms with Gasteiger partial charge in [-0.25, -0.2) is 4.79 Å². The number of amidine groups is 1. The van der Waals surface area contributed by atoms with E-state index in [9.17, 15) is 4.79 Å². The number of carbonyl (C=O) groups excluding carboxylic acids is 1. The number of carbonyl (C=O) groups is 1. The number of ether oxygens (including phenoxy) is 2. The van der Waals surface area contributed by atoms with E-state index >= 15 is 0 Å². The molecular weight excluding hydrogens is 517 g/mol. The van der Waals surface area contributed by atoms with Crippen LogP contribution in [0.2, 0.25) is 10.0 Å². The molecule has 0 N–H and O–H groups in total. The molecule has 0 radical (unpaired) electrons. The van der Waals surface area contributed by atoms with Crippen molar-refractivity contribution >= 4 is 35.0 Å². The number of likely N-dealkylation sites (tertiary alicyclic amines) is 1. The average Bonchev–Trinajstić information content (AvgIpc) is 3.20.